The van der Waals surface area contributed by atoms with Crippen molar-refractivity contribution >= 4 is 24.0 Å². The molecule has 0 saturated carbocycles. The standard InChI is InChI=1S/C13H18N2O.ClH/c1-10-5-2-3-8-15(10)13(16)11-6-4-7-12(14)9-11;/h4,6-7,9-10H,2-3,5,8,14H2,1H3;1H. The van der Waals surface area contributed by atoms with E-state index in [0.717, 1.165) is 19.4 Å². The number of hydrogen-bond acceptors (Lipinski definition) is 2. The monoisotopic (exact) mass is 254 g/mol. The smallest absolute Gasteiger partial charge is 0.254 e. The molecule has 1 amide bonds. The van der Waals surface area contributed by atoms with Crippen LogP contribution in [0.25, 0.3) is 0 Å². The van der Waals surface area contributed by atoms with E-state index in [1.54, 1.807) is 12.1 Å². The highest BCUT2D eigenvalue weighted by Crippen LogP contribution is 2.19. The van der Waals surface area contributed by atoms with E-state index in [1.165, 1.54) is 6.42 Å². The van der Waals surface area contributed by atoms with Crippen LogP contribution in [0.3, 0.4) is 0 Å². The van der Waals surface area contributed by atoms with Crippen LogP contribution in [0.4, 0.5) is 5.69 Å². The zero-order valence-electron chi connectivity index (χ0n) is 10.1. The molecule has 1 saturated heterocycles. The fraction of sp³-hybridized carbons (Fsp3) is 0.462. The van der Waals surface area contributed by atoms with E-state index in [4.69, 9.17) is 5.73 Å². The van der Waals surface area contributed by atoms with Gasteiger partial charge in [-0.1, -0.05) is 6.07 Å². The summed E-state index contributed by atoms with van der Waals surface area (Å²) in [5, 5.41) is 0. The number of likely N-dealkylation sites (tertiary alicyclic amines) is 1. The highest BCUT2D eigenvalue weighted by molar-refractivity contribution is 5.95. The van der Waals surface area contributed by atoms with Crippen LogP contribution >= 0.6 is 12.4 Å². The van der Waals surface area contributed by atoms with Crippen LogP contribution in [0.15, 0.2) is 24.3 Å². The number of carbonyl (C=O) groups excluding carboxylic acids is 1. The summed E-state index contributed by atoms with van der Waals surface area (Å²) >= 11 is 0. The van der Waals surface area contributed by atoms with Gasteiger partial charge in [0.05, 0.1) is 0 Å². The molecule has 94 valence electrons. The zero-order valence-corrected chi connectivity index (χ0v) is 10.9. The largest absolute Gasteiger partial charge is 0.399 e. The molecule has 0 spiro atoms. The topological polar surface area (TPSA) is 46.3 Å². The maximum Gasteiger partial charge on any atom is 0.254 e. The average Bonchev–Trinajstić information content (AvgIpc) is 2.29. The molecular weight excluding hydrogens is 236 g/mol. The Morgan fingerprint density at radius 3 is 2.82 bits per heavy atom. The summed E-state index contributed by atoms with van der Waals surface area (Å²) in [4.78, 5) is 14.2. The van der Waals surface area contributed by atoms with Crippen LogP contribution in [-0.4, -0.2) is 23.4 Å². The maximum absolute atomic E-state index is 12.2. The van der Waals surface area contributed by atoms with Crippen molar-refractivity contribution in [1.82, 2.24) is 4.90 Å². The lowest BCUT2D eigenvalue weighted by Gasteiger charge is -2.33. The van der Waals surface area contributed by atoms with Crippen molar-refractivity contribution in [3.8, 4) is 0 Å². The van der Waals surface area contributed by atoms with Crippen LogP contribution in [0.2, 0.25) is 0 Å². The number of hydrogen-bond donors (Lipinski definition) is 1. The van der Waals surface area contributed by atoms with E-state index in [9.17, 15) is 4.79 Å². The van der Waals surface area contributed by atoms with Gasteiger partial charge in [-0.25, -0.2) is 0 Å². The van der Waals surface area contributed by atoms with E-state index in [2.05, 4.69) is 6.92 Å². The average molecular weight is 255 g/mol. The number of benzene rings is 1. The Morgan fingerprint density at radius 2 is 2.18 bits per heavy atom. The quantitative estimate of drug-likeness (QED) is 0.784. The van der Waals surface area contributed by atoms with Gasteiger partial charge < -0.3 is 10.6 Å². The molecule has 2 rings (SSSR count). The number of piperidine rings is 1. The number of halogens is 1. The summed E-state index contributed by atoms with van der Waals surface area (Å²) in [6.07, 6.45) is 3.44. The molecule has 1 fully saturated rings. The second kappa shape index (κ2) is 5.92. The van der Waals surface area contributed by atoms with Gasteiger partial charge in [0.15, 0.2) is 0 Å². The molecule has 0 aliphatic carbocycles. The first-order valence-corrected chi connectivity index (χ1v) is 5.85. The molecule has 3 nitrogen and oxygen atoms in total. The van der Waals surface area contributed by atoms with Crippen LogP contribution in [0.1, 0.15) is 36.5 Å². The minimum Gasteiger partial charge on any atom is -0.399 e. The number of rotatable bonds is 1. The minimum atomic E-state index is 0. The third-order valence-electron chi connectivity index (χ3n) is 3.20. The second-order valence-electron chi connectivity index (χ2n) is 4.47. The summed E-state index contributed by atoms with van der Waals surface area (Å²) in [6, 6.07) is 7.57. The summed E-state index contributed by atoms with van der Waals surface area (Å²) in [5.41, 5.74) is 7.04. The van der Waals surface area contributed by atoms with Gasteiger partial charge in [0.2, 0.25) is 0 Å². The molecule has 1 aromatic rings. The Labute approximate surface area is 108 Å². The van der Waals surface area contributed by atoms with Crippen LogP contribution in [-0.2, 0) is 0 Å². The highest BCUT2D eigenvalue weighted by Gasteiger charge is 2.23. The van der Waals surface area contributed by atoms with Crippen molar-refractivity contribution in [2.24, 2.45) is 0 Å². The SMILES string of the molecule is CC1CCCCN1C(=O)c1cccc(N)c1.Cl. The fourth-order valence-corrected chi connectivity index (χ4v) is 2.24. The molecule has 1 heterocycles. The number of nitrogens with zero attached hydrogens (tertiary/aromatic N) is 1. The molecular formula is C13H19ClN2O. The molecule has 2 N–H and O–H groups in total. The van der Waals surface area contributed by atoms with Crippen molar-refractivity contribution in [3.63, 3.8) is 0 Å². The lowest BCUT2D eigenvalue weighted by molar-refractivity contribution is 0.0635. The summed E-state index contributed by atoms with van der Waals surface area (Å²) in [6.45, 7) is 2.98. The van der Waals surface area contributed by atoms with Gasteiger partial charge >= 0.3 is 0 Å². The molecule has 4 heteroatoms. The Bertz CT molecular complexity index is 395. The minimum absolute atomic E-state index is 0. The normalized spacial score (nSPS) is 19.6. The van der Waals surface area contributed by atoms with Gasteiger partial charge in [0.25, 0.3) is 5.91 Å². The molecule has 0 aromatic heterocycles. The summed E-state index contributed by atoms with van der Waals surface area (Å²) < 4.78 is 0. The number of amides is 1. The van der Waals surface area contributed by atoms with Gasteiger partial charge in [0.1, 0.15) is 0 Å². The first-order chi connectivity index (χ1) is 7.68. The molecule has 1 aliphatic rings. The van der Waals surface area contributed by atoms with Gasteiger partial charge in [-0.2, -0.15) is 0 Å². The number of nitrogens with two attached hydrogens (primary N) is 1. The van der Waals surface area contributed by atoms with Gasteiger partial charge in [-0.05, 0) is 44.4 Å². The molecule has 0 bridgehead atoms. The Balaban J connectivity index is 0.00000144. The predicted molar refractivity (Wildman–Crippen MR) is 72.5 cm³/mol. The molecule has 1 aliphatic heterocycles. The fourth-order valence-electron chi connectivity index (χ4n) is 2.24. The first-order valence-electron chi connectivity index (χ1n) is 5.85. The highest BCUT2D eigenvalue weighted by atomic mass is 35.5. The second-order valence-corrected chi connectivity index (χ2v) is 4.47. The van der Waals surface area contributed by atoms with Crippen molar-refractivity contribution in [3.05, 3.63) is 29.8 Å². The molecule has 1 atom stereocenters. The molecule has 0 radical (unpaired) electrons. The van der Waals surface area contributed by atoms with Gasteiger partial charge in [-0.3, -0.25) is 4.79 Å². The van der Waals surface area contributed by atoms with Crippen LogP contribution in [0.5, 0.6) is 0 Å². The van der Waals surface area contributed by atoms with E-state index >= 15 is 0 Å². The first kappa shape index (κ1) is 13.8. The van der Waals surface area contributed by atoms with Crippen molar-refractivity contribution in [1.29, 1.82) is 0 Å². The van der Waals surface area contributed by atoms with E-state index in [0.29, 0.717) is 17.3 Å². The number of carbonyl (C=O) groups is 1. The zero-order chi connectivity index (χ0) is 11.5. The van der Waals surface area contributed by atoms with Gasteiger partial charge in [-0.15, -0.1) is 12.4 Å². The van der Waals surface area contributed by atoms with Gasteiger partial charge in [0, 0.05) is 23.8 Å². The van der Waals surface area contributed by atoms with E-state index in [1.807, 2.05) is 17.0 Å². The van der Waals surface area contributed by atoms with E-state index < -0.39 is 0 Å². The maximum atomic E-state index is 12.2. The van der Waals surface area contributed by atoms with Crippen LogP contribution in [0, 0.1) is 0 Å². The van der Waals surface area contributed by atoms with E-state index in [-0.39, 0.29) is 18.3 Å². The molecule has 17 heavy (non-hydrogen) atoms. The Kier molecular flexibility index (Phi) is 4.82. The predicted octanol–water partition coefficient (Wildman–Crippen LogP) is 2.71. The molecule has 1 unspecified atom stereocenters. The van der Waals surface area contributed by atoms with Crippen molar-refractivity contribution < 1.29 is 4.79 Å². The summed E-state index contributed by atoms with van der Waals surface area (Å²) in [7, 11) is 0. The molecule has 1 aromatic carbocycles. The van der Waals surface area contributed by atoms with Crippen LogP contribution < -0.4 is 5.73 Å². The third kappa shape index (κ3) is 3.13. The summed E-state index contributed by atoms with van der Waals surface area (Å²) in [5.74, 6) is 0.111. The number of nitrogen functional groups attached to an aromatic ring is 1. The number of anilines is 1. The lowest BCUT2D eigenvalue weighted by Crippen LogP contribution is -2.42. The van der Waals surface area contributed by atoms with Crippen molar-refractivity contribution in [2.45, 2.75) is 32.2 Å². The van der Waals surface area contributed by atoms with Crippen molar-refractivity contribution in [2.75, 3.05) is 12.3 Å². The lowest BCUT2D eigenvalue weighted by atomic mass is 10.0. The third-order valence-corrected chi connectivity index (χ3v) is 3.20. The Hall–Kier alpha value is -1.22. The Morgan fingerprint density at radius 1 is 1.41 bits per heavy atom.